The number of piperidine rings is 1. The van der Waals surface area contributed by atoms with Crippen LogP contribution in [0.25, 0.3) is 0 Å². The Kier molecular flexibility index (Phi) is 4.76. The summed E-state index contributed by atoms with van der Waals surface area (Å²) in [7, 11) is -6.43. The molecule has 1 fully saturated rings. The second-order valence-electron chi connectivity index (χ2n) is 3.78. The minimum atomic E-state index is -3.27. The Hall–Kier alpha value is 0.300. The molecule has 0 unspecified atom stereocenters. The molecule has 0 saturated carbocycles. The van der Waals surface area contributed by atoms with Gasteiger partial charge < -0.3 is 0 Å². The molecule has 0 aromatic carbocycles. The van der Waals surface area contributed by atoms with Crippen molar-refractivity contribution >= 4 is 36.0 Å². The van der Waals surface area contributed by atoms with Crippen molar-refractivity contribution < 1.29 is 16.8 Å². The van der Waals surface area contributed by atoms with Gasteiger partial charge in [0, 0.05) is 19.1 Å². The van der Waals surface area contributed by atoms with E-state index in [-0.39, 0.29) is 10.7 Å². The van der Waals surface area contributed by atoms with Crippen LogP contribution in [-0.2, 0) is 20.0 Å². The van der Waals surface area contributed by atoms with Crippen LogP contribution < -0.4 is 4.72 Å². The topological polar surface area (TPSA) is 83.6 Å². The number of nitrogens with zero attached hydrogens (tertiary/aromatic N) is 1. The number of hydrogen-bond acceptors (Lipinski definition) is 4. The normalized spacial score (nSPS) is 21.1. The molecule has 9 heteroatoms. The number of sulfonamides is 2. The summed E-state index contributed by atoms with van der Waals surface area (Å²) < 4.78 is 48.7. The number of nitrogens with one attached hydrogen (secondary N) is 1. The van der Waals surface area contributed by atoms with E-state index in [1.54, 1.807) is 0 Å². The number of alkyl halides is 1. The average molecular weight is 335 g/mol. The fourth-order valence-corrected chi connectivity index (χ4v) is 3.67. The highest BCUT2D eigenvalue weighted by Gasteiger charge is 2.26. The first-order valence-electron chi connectivity index (χ1n) is 4.76. The van der Waals surface area contributed by atoms with Crippen molar-refractivity contribution in [1.82, 2.24) is 9.03 Å². The molecule has 96 valence electrons. The zero-order valence-electron chi connectivity index (χ0n) is 8.89. The first-order chi connectivity index (χ1) is 7.24. The molecule has 1 N–H and O–H groups in total. The van der Waals surface area contributed by atoms with Gasteiger partial charge in [-0.25, -0.2) is 25.9 Å². The van der Waals surface area contributed by atoms with E-state index in [9.17, 15) is 16.8 Å². The minimum absolute atomic E-state index is 0.133. The molecule has 0 atom stereocenters. The molecular weight excluding hydrogens is 320 g/mol. The Morgan fingerprint density at radius 1 is 1.25 bits per heavy atom. The van der Waals surface area contributed by atoms with Gasteiger partial charge in [0.15, 0.2) is 0 Å². The SMILES string of the molecule is CS(=O)(=O)N1CCC(NS(=O)(=O)CBr)CC1. The molecule has 0 bridgehead atoms. The Labute approximate surface area is 105 Å². The first kappa shape index (κ1) is 14.4. The van der Waals surface area contributed by atoms with Crippen LogP contribution in [0.15, 0.2) is 0 Å². The highest BCUT2D eigenvalue weighted by molar-refractivity contribution is 9.10. The summed E-state index contributed by atoms with van der Waals surface area (Å²) in [5.74, 6) is 0. The Morgan fingerprint density at radius 2 is 1.75 bits per heavy atom. The van der Waals surface area contributed by atoms with E-state index < -0.39 is 20.0 Å². The molecule has 0 aromatic rings. The van der Waals surface area contributed by atoms with Crippen molar-refractivity contribution in [3.8, 4) is 0 Å². The van der Waals surface area contributed by atoms with E-state index in [2.05, 4.69) is 20.7 Å². The zero-order valence-corrected chi connectivity index (χ0v) is 12.1. The summed E-state index contributed by atoms with van der Waals surface area (Å²) >= 11 is 2.88. The molecule has 1 saturated heterocycles. The van der Waals surface area contributed by atoms with Crippen molar-refractivity contribution in [3.05, 3.63) is 0 Å². The second kappa shape index (κ2) is 5.30. The second-order valence-corrected chi connectivity index (χ2v) is 8.82. The predicted molar refractivity (Wildman–Crippen MR) is 65.3 cm³/mol. The Balaban J connectivity index is 2.51. The van der Waals surface area contributed by atoms with E-state index in [0.29, 0.717) is 25.9 Å². The maximum Gasteiger partial charge on any atom is 0.221 e. The fourth-order valence-electron chi connectivity index (χ4n) is 1.59. The van der Waals surface area contributed by atoms with Crippen molar-refractivity contribution in [3.63, 3.8) is 0 Å². The van der Waals surface area contributed by atoms with Gasteiger partial charge in [0.25, 0.3) is 0 Å². The summed E-state index contributed by atoms with van der Waals surface area (Å²) in [6.45, 7) is 0.739. The van der Waals surface area contributed by atoms with E-state index >= 15 is 0 Å². The molecule has 0 radical (unpaired) electrons. The monoisotopic (exact) mass is 334 g/mol. The van der Waals surface area contributed by atoms with Crippen LogP contribution in [0.1, 0.15) is 12.8 Å². The largest absolute Gasteiger partial charge is 0.221 e. The van der Waals surface area contributed by atoms with Crippen LogP contribution in [0.3, 0.4) is 0 Å². The lowest BCUT2D eigenvalue weighted by Gasteiger charge is -2.30. The van der Waals surface area contributed by atoms with Crippen LogP contribution >= 0.6 is 15.9 Å². The quantitative estimate of drug-likeness (QED) is 0.714. The standard InChI is InChI=1S/C7H15BrN2O4S2/c1-15(11,12)10-4-2-7(3-5-10)9-16(13,14)6-8/h7,9H,2-6H2,1H3. The van der Waals surface area contributed by atoms with E-state index in [1.165, 1.54) is 4.31 Å². The van der Waals surface area contributed by atoms with E-state index in [1.807, 2.05) is 0 Å². The van der Waals surface area contributed by atoms with Crippen LogP contribution in [-0.4, -0.2) is 51.2 Å². The van der Waals surface area contributed by atoms with E-state index in [4.69, 9.17) is 0 Å². The van der Waals surface area contributed by atoms with Gasteiger partial charge in [-0.15, -0.1) is 0 Å². The van der Waals surface area contributed by atoms with Gasteiger partial charge in [0.05, 0.1) is 6.26 Å². The fraction of sp³-hybridized carbons (Fsp3) is 1.00. The van der Waals surface area contributed by atoms with Gasteiger partial charge in [0.1, 0.15) is 4.66 Å². The van der Waals surface area contributed by atoms with Crippen molar-refractivity contribution in [2.24, 2.45) is 0 Å². The smallest absolute Gasteiger partial charge is 0.213 e. The molecule has 16 heavy (non-hydrogen) atoms. The van der Waals surface area contributed by atoms with Crippen LogP contribution in [0.5, 0.6) is 0 Å². The molecule has 0 aromatic heterocycles. The molecular formula is C7H15BrN2O4S2. The highest BCUT2D eigenvalue weighted by Crippen LogP contribution is 2.14. The summed E-state index contributed by atoms with van der Waals surface area (Å²) in [6, 6.07) is -0.166. The molecule has 1 heterocycles. The van der Waals surface area contributed by atoms with Gasteiger partial charge in [0.2, 0.25) is 20.0 Å². The first-order valence-corrected chi connectivity index (χ1v) is 9.38. The molecule has 6 nitrogen and oxygen atoms in total. The molecule has 0 aliphatic carbocycles. The zero-order chi connectivity index (χ0) is 12.4. The lowest BCUT2D eigenvalue weighted by Crippen LogP contribution is -2.46. The van der Waals surface area contributed by atoms with Crippen molar-refractivity contribution in [2.45, 2.75) is 18.9 Å². The molecule has 1 aliphatic rings. The van der Waals surface area contributed by atoms with Crippen LogP contribution in [0.2, 0.25) is 0 Å². The predicted octanol–water partition coefficient (Wildman–Crippen LogP) is -0.318. The van der Waals surface area contributed by atoms with Gasteiger partial charge in [-0.3, -0.25) is 0 Å². The Bertz CT molecular complexity index is 425. The molecule has 0 spiro atoms. The summed E-state index contributed by atoms with van der Waals surface area (Å²) in [6.07, 6.45) is 2.19. The maximum absolute atomic E-state index is 11.3. The minimum Gasteiger partial charge on any atom is -0.213 e. The van der Waals surface area contributed by atoms with Gasteiger partial charge in [-0.1, -0.05) is 15.9 Å². The van der Waals surface area contributed by atoms with Crippen LogP contribution in [0, 0.1) is 0 Å². The Morgan fingerprint density at radius 3 is 2.12 bits per heavy atom. The number of halogens is 1. The third-order valence-electron chi connectivity index (χ3n) is 2.41. The molecule has 1 aliphatic heterocycles. The maximum atomic E-state index is 11.3. The highest BCUT2D eigenvalue weighted by atomic mass is 79.9. The lowest BCUT2D eigenvalue weighted by atomic mass is 10.1. The summed E-state index contributed by atoms with van der Waals surface area (Å²) in [5.41, 5.74) is 0. The lowest BCUT2D eigenvalue weighted by molar-refractivity contribution is 0.310. The average Bonchev–Trinajstić information content (AvgIpc) is 2.16. The van der Waals surface area contributed by atoms with Crippen molar-refractivity contribution in [2.75, 3.05) is 24.0 Å². The summed E-state index contributed by atoms with van der Waals surface area (Å²) in [5, 5.41) is 0. The number of rotatable bonds is 4. The van der Waals surface area contributed by atoms with Crippen LogP contribution in [0.4, 0.5) is 0 Å². The third kappa shape index (κ3) is 4.28. The molecule has 0 amide bonds. The van der Waals surface area contributed by atoms with Gasteiger partial charge in [-0.05, 0) is 12.8 Å². The molecule has 1 rings (SSSR count). The van der Waals surface area contributed by atoms with Crippen molar-refractivity contribution in [1.29, 1.82) is 0 Å². The van der Waals surface area contributed by atoms with E-state index in [0.717, 1.165) is 6.26 Å². The number of hydrogen-bond donors (Lipinski definition) is 1. The summed E-state index contributed by atoms with van der Waals surface area (Å²) in [4.78, 5) is 0. The van der Waals surface area contributed by atoms with Gasteiger partial charge >= 0.3 is 0 Å². The third-order valence-corrected chi connectivity index (χ3v) is 6.50. The van der Waals surface area contributed by atoms with Gasteiger partial charge in [-0.2, -0.15) is 0 Å².